The zero-order valence-electron chi connectivity index (χ0n) is 12.1. The molecule has 9 heteroatoms. The molecule has 1 aromatic rings. The maximum atomic E-state index is 12.4. The van der Waals surface area contributed by atoms with Gasteiger partial charge in [-0.3, -0.25) is 0 Å². The molecule has 0 bridgehead atoms. The van der Waals surface area contributed by atoms with E-state index in [0.29, 0.717) is 17.8 Å². The fourth-order valence-electron chi connectivity index (χ4n) is 3.53. The third-order valence-electron chi connectivity index (χ3n) is 4.49. The van der Waals surface area contributed by atoms with Crippen LogP contribution in [0, 0.1) is 0 Å². The van der Waals surface area contributed by atoms with E-state index in [-0.39, 0.29) is 18.2 Å². The maximum Gasteiger partial charge on any atom is 0.404 e. The number of primary amides is 1. The first-order chi connectivity index (χ1) is 10.8. The van der Waals surface area contributed by atoms with Crippen LogP contribution in [0.4, 0.5) is 10.5 Å². The van der Waals surface area contributed by atoms with Crippen molar-refractivity contribution in [2.75, 3.05) is 18.1 Å². The molecular formula is C14H17N3O6. The van der Waals surface area contributed by atoms with Crippen molar-refractivity contribution in [3.63, 3.8) is 0 Å². The van der Waals surface area contributed by atoms with Crippen LogP contribution in [0.15, 0.2) is 12.1 Å². The van der Waals surface area contributed by atoms with Gasteiger partial charge in [-0.15, -0.1) is 5.75 Å². The van der Waals surface area contributed by atoms with Crippen LogP contribution in [-0.4, -0.2) is 53.6 Å². The molecule has 0 saturated carbocycles. The summed E-state index contributed by atoms with van der Waals surface area (Å²) in [7, 11) is 0. The zero-order valence-corrected chi connectivity index (χ0v) is 12.1. The molecule has 124 valence electrons. The van der Waals surface area contributed by atoms with E-state index in [9.17, 15) is 19.8 Å². The summed E-state index contributed by atoms with van der Waals surface area (Å²) in [4.78, 5) is 23.8. The fraction of sp³-hybridized carbons (Fsp3) is 0.429. The molecule has 0 aliphatic carbocycles. The molecule has 23 heavy (non-hydrogen) atoms. The molecule has 2 heterocycles. The highest BCUT2D eigenvalue weighted by Gasteiger charge is 2.52. The lowest BCUT2D eigenvalue weighted by molar-refractivity contribution is -0.428. The van der Waals surface area contributed by atoms with Crippen molar-refractivity contribution >= 4 is 17.7 Å². The van der Waals surface area contributed by atoms with Crippen LogP contribution in [0.1, 0.15) is 21.8 Å². The number of anilines is 1. The summed E-state index contributed by atoms with van der Waals surface area (Å²) in [6.07, 6.45) is -1.80. The lowest BCUT2D eigenvalue weighted by atomic mass is 9.90. The Bertz CT molecular complexity index is 679. The van der Waals surface area contributed by atoms with E-state index >= 15 is 0 Å². The van der Waals surface area contributed by atoms with Crippen LogP contribution in [-0.2, 0) is 4.74 Å². The van der Waals surface area contributed by atoms with Gasteiger partial charge in [0.1, 0.15) is 18.8 Å². The summed E-state index contributed by atoms with van der Waals surface area (Å²) < 4.78 is 4.83. The SMILES string of the molecule is NC(=O)OC[C@@H]1c2c([O-])cc(C(=O)O)cc2N2C[C@H]([NH3+])[C@@H](O)C12. The van der Waals surface area contributed by atoms with Gasteiger partial charge in [-0.25, -0.2) is 9.59 Å². The number of aromatic carboxylic acids is 1. The van der Waals surface area contributed by atoms with Crippen LogP contribution >= 0.6 is 0 Å². The Labute approximate surface area is 131 Å². The fourth-order valence-corrected chi connectivity index (χ4v) is 3.53. The van der Waals surface area contributed by atoms with E-state index in [1.807, 2.05) is 0 Å². The highest BCUT2D eigenvalue weighted by Crippen LogP contribution is 2.49. The highest BCUT2D eigenvalue weighted by atomic mass is 16.5. The topological polar surface area (TPSA) is 164 Å². The second-order valence-corrected chi connectivity index (χ2v) is 5.84. The molecular weight excluding hydrogens is 306 g/mol. The number of ether oxygens (including phenoxy) is 1. The summed E-state index contributed by atoms with van der Waals surface area (Å²) in [5.74, 6) is -2.24. The number of nitrogens with two attached hydrogens (primary N) is 1. The molecule has 9 nitrogen and oxygen atoms in total. The Hall–Kier alpha value is -2.52. The number of rotatable bonds is 3. The van der Waals surface area contributed by atoms with E-state index in [0.717, 1.165) is 6.07 Å². The second-order valence-electron chi connectivity index (χ2n) is 5.84. The first-order valence-electron chi connectivity index (χ1n) is 7.09. The number of amides is 1. The lowest BCUT2D eigenvalue weighted by Crippen LogP contribution is -2.67. The number of quaternary nitrogens is 1. The Morgan fingerprint density at radius 3 is 2.78 bits per heavy atom. The summed E-state index contributed by atoms with van der Waals surface area (Å²) >= 11 is 0. The predicted molar refractivity (Wildman–Crippen MR) is 74.9 cm³/mol. The Morgan fingerprint density at radius 2 is 2.17 bits per heavy atom. The van der Waals surface area contributed by atoms with Gasteiger partial charge >= 0.3 is 12.1 Å². The summed E-state index contributed by atoms with van der Waals surface area (Å²) in [6.45, 7) is 0.226. The van der Waals surface area contributed by atoms with Crippen molar-refractivity contribution in [2.24, 2.45) is 5.73 Å². The zero-order chi connectivity index (χ0) is 16.9. The number of benzene rings is 1. The Kier molecular flexibility index (Phi) is 3.53. The van der Waals surface area contributed by atoms with Gasteiger partial charge in [0.15, 0.2) is 0 Å². The predicted octanol–water partition coefficient (Wildman–Crippen LogP) is -2.19. The molecule has 3 rings (SSSR count). The minimum atomic E-state index is -1.20. The van der Waals surface area contributed by atoms with Crippen LogP contribution in [0.2, 0.25) is 0 Å². The molecule has 1 aromatic carbocycles. The average Bonchev–Trinajstić information content (AvgIpc) is 2.93. The van der Waals surface area contributed by atoms with Crippen LogP contribution < -0.4 is 21.5 Å². The van der Waals surface area contributed by atoms with Gasteiger partial charge in [-0.2, -0.15) is 0 Å². The number of aliphatic hydroxyl groups is 1. The standard InChI is InChI=1S/C14H17N3O6/c15-7-3-17-8-1-5(13(20)21)2-9(18)10(8)6(4-23-14(16)22)11(17)12(7)19/h1-2,6-7,11-12,18-19H,3-4,15H2,(H2,16,22)(H,20,21)/t6-,7+,11?,12-/m1/s1. The number of nitrogens with zero attached hydrogens (tertiary/aromatic N) is 1. The molecule has 1 amide bonds. The van der Waals surface area contributed by atoms with E-state index in [4.69, 9.17) is 15.6 Å². The van der Waals surface area contributed by atoms with Gasteiger partial charge in [-0.05, 0) is 11.6 Å². The van der Waals surface area contributed by atoms with Gasteiger partial charge in [0.05, 0.1) is 18.2 Å². The smallest absolute Gasteiger partial charge is 0.404 e. The van der Waals surface area contributed by atoms with E-state index in [1.165, 1.54) is 6.07 Å². The number of carboxylic acids is 1. The Balaban J connectivity index is 2.08. The molecule has 4 atom stereocenters. The Morgan fingerprint density at radius 1 is 1.48 bits per heavy atom. The minimum absolute atomic E-state index is 0.119. The highest BCUT2D eigenvalue weighted by molar-refractivity contribution is 5.91. The average molecular weight is 323 g/mol. The van der Waals surface area contributed by atoms with Crippen molar-refractivity contribution in [3.8, 4) is 5.75 Å². The molecule has 1 fully saturated rings. The van der Waals surface area contributed by atoms with Gasteiger partial charge in [0, 0.05) is 11.6 Å². The van der Waals surface area contributed by atoms with E-state index < -0.39 is 35.9 Å². The number of carbonyl (C=O) groups is 2. The largest absolute Gasteiger partial charge is 0.872 e. The molecule has 2 aliphatic heterocycles. The third kappa shape index (κ3) is 2.34. The van der Waals surface area contributed by atoms with Gasteiger partial charge in [0.2, 0.25) is 0 Å². The van der Waals surface area contributed by atoms with Crippen LogP contribution in [0.25, 0.3) is 0 Å². The van der Waals surface area contributed by atoms with Crippen LogP contribution in [0.3, 0.4) is 0 Å². The molecule has 7 N–H and O–H groups in total. The van der Waals surface area contributed by atoms with Crippen molar-refractivity contribution in [1.29, 1.82) is 0 Å². The normalized spacial score (nSPS) is 28.3. The van der Waals surface area contributed by atoms with Gasteiger partial charge in [-0.1, -0.05) is 6.07 Å². The van der Waals surface area contributed by atoms with Crippen LogP contribution in [0.5, 0.6) is 5.75 Å². The quantitative estimate of drug-likeness (QED) is 0.490. The number of hydrogen-bond donors (Lipinski definition) is 4. The summed E-state index contributed by atoms with van der Waals surface area (Å²) in [5.41, 5.74) is 9.52. The molecule has 2 aliphatic rings. The summed E-state index contributed by atoms with van der Waals surface area (Å²) in [6, 6.07) is 1.65. The molecule has 0 radical (unpaired) electrons. The number of aliphatic hydroxyl groups excluding tert-OH is 1. The number of carboxylic acid groups (broad SMARTS) is 1. The first-order valence-corrected chi connectivity index (χ1v) is 7.09. The minimum Gasteiger partial charge on any atom is -0.872 e. The van der Waals surface area contributed by atoms with E-state index in [1.54, 1.807) is 4.90 Å². The molecule has 1 unspecified atom stereocenters. The maximum absolute atomic E-state index is 12.4. The summed E-state index contributed by atoms with van der Waals surface area (Å²) in [5, 5.41) is 31.8. The number of hydrogen-bond acceptors (Lipinski definition) is 6. The molecule has 0 aromatic heterocycles. The lowest BCUT2D eigenvalue weighted by Gasteiger charge is -2.24. The van der Waals surface area contributed by atoms with Gasteiger partial charge < -0.3 is 36.4 Å². The van der Waals surface area contributed by atoms with Crippen molar-refractivity contribution in [2.45, 2.75) is 24.1 Å². The van der Waals surface area contributed by atoms with Crippen molar-refractivity contribution < 1.29 is 35.4 Å². The monoisotopic (exact) mass is 323 g/mol. The van der Waals surface area contributed by atoms with E-state index in [2.05, 4.69) is 5.73 Å². The van der Waals surface area contributed by atoms with Crippen molar-refractivity contribution in [3.05, 3.63) is 23.3 Å². The van der Waals surface area contributed by atoms with Gasteiger partial charge in [0.25, 0.3) is 0 Å². The number of carbonyl (C=O) groups excluding carboxylic acids is 1. The molecule has 0 spiro atoms. The van der Waals surface area contributed by atoms with Crippen molar-refractivity contribution in [1.82, 2.24) is 0 Å². The third-order valence-corrected chi connectivity index (χ3v) is 4.49. The number of fused-ring (bicyclic) bond motifs is 3. The molecule has 1 saturated heterocycles. The first kappa shape index (κ1) is 15.4. The second kappa shape index (κ2) is 5.28.